The highest BCUT2D eigenvalue weighted by molar-refractivity contribution is 8.00. The first-order chi connectivity index (χ1) is 10.3. The van der Waals surface area contributed by atoms with Gasteiger partial charge in [-0.1, -0.05) is 26.0 Å². The standard InChI is InChI=1S/C17H28N2OS/c1-3-9-20-15-7-5-6-14(11-15)17(12-18)19-8-10-21-16(4-2)13-19/h5-7,11,16-17H,3-4,8-10,12-13,18H2,1-2H3. The van der Waals surface area contributed by atoms with Crippen LogP contribution >= 0.6 is 11.8 Å². The molecule has 0 amide bonds. The maximum Gasteiger partial charge on any atom is 0.119 e. The Balaban J connectivity index is 2.09. The number of ether oxygens (including phenoxy) is 1. The predicted molar refractivity (Wildman–Crippen MR) is 92.1 cm³/mol. The number of rotatable bonds is 7. The molecule has 1 aliphatic heterocycles. The Hall–Kier alpha value is -0.710. The number of hydrogen-bond acceptors (Lipinski definition) is 4. The average molecular weight is 308 g/mol. The number of thioether (sulfide) groups is 1. The first-order valence-electron chi connectivity index (χ1n) is 8.07. The van der Waals surface area contributed by atoms with Crippen molar-refractivity contribution in [1.29, 1.82) is 0 Å². The normalized spacial score (nSPS) is 21.2. The van der Waals surface area contributed by atoms with Crippen molar-refractivity contribution in [2.45, 2.75) is 38.0 Å². The van der Waals surface area contributed by atoms with Gasteiger partial charge < -0.3 is 10.5 Å². The SMILES string of the molecule is CCCOc1cccc(C(CN)N2CCSC(CC)C2)c1. The quantitative estimate of drug-likeness (QED) is 0.839. The molecule has 1 fully saturated rings. The third-order valence-corrected chi connectivity index (χ3v) is 5.38. The maximum atomic E-state index is 6.08. The first kappa shape index (κ1) is 16.7. The molecule has 0 bridgehead atoms. The molecule has 1 aliphatic rings. The first-order valence-corrected chi connectivity index (χ1v) is 9.11. The highest BCUT2D eigenvalue weighted by Crippen LogP contribution is 2.29. The van der Waals surface area contributed by atoms with Gasteiger partial charge in [0.2, 0.25) is 0 Å². The van der Waals surface area contributed by atoms with Gasteiger partial charge in [0.1, 0.15) is 5.75 Å². The lowest BCUT2D eigenvalue weighted by Gasteiger charge is -2.37. The summed E-state index contributed by atoms with van der Waals surface area (Å²) in [5.74, 6) is 2.17. The van der Waals surface area contributed by atoms with Gasteiger partial charge in [0.15, 0.2) is 0 Å². The fourth-order valence-corrected chi connectivity index (χ4v) is 4.01. The molecule has 2 rings (SSSR count). The topological polar surface area (TPSA) is 38.5 Å². The molecule has 1 aromatic carbocycles. The van der Waals surface area contributed by atoms with E-state index in [1.807, 2.05) is 6.07 Å². The van der Waals surface area contributed by atoms with E-state index < -0.39 is 0 Å². The molecule has 1 saturated heterocycles. The fourth-order valence-electron chi connectivity index (χ4n) is 2.80. The van der Waals surface area contributed by atoms with Crippen molar-refractivity contribution in [2.75, 3.05) is 32.0 Å². The number of nitrogens with zero attached hydrogens (tertiary/aromatic N) is 1. The lowest BCUT2D eigenvalue weighted by molar-refractivity contribution is 0.207. The molecule has 3 nitrogen and oxygen atoms in total. The van der Waals surface area contributed by atoms with Gasteiger partial charge in [-0.3, -0.25) is 4.90 Å². The van der Waals surface area contributed by atoms with Gasteiger partial charge in [-0.15, -0.1) is 0 Å². The zero-order valence-corrected chi connectivity index (χ0v) is 14.1. The number of hydrogen-bond donors (Lipinski definition) is 1. The van der Waals surface area contributed by atoms with Crippen molar-refractivity contribution in [3.63, 3.8) is 0 Å². The van der Waals surface area contributed by atoms with Crippen molar-refractivity contribution in [2.24, 2.45) is 5.73 Å². The Bertz CT molecular complexity index is 427. The van der Waals surface area contributed by atoms with Gasteiger partial charge in [-0.05, 0) is 30.5 Å². The predicted octanol–water partition coefficient (Wildman–Crippen LogP) is 3.30. The smallest absolute Gasteiger partial charge is 0.119 e. The van der Waals surface area contributed by atoms with E-state index in [4.69, 9.17) is 10.5 Å². The Morgan fingerprint density at radius 3 is 3.00 bits per heavy atom. The van der Waals surface area contributed by atoms with Crippen LogP contribution in [-0.4, -0.2) is 42.1 Å². The minimum atomic E-state index is 0.310. The van der Waals surface area contributed by atoms with Crippen LogP contribution in [0.2, 0.25) is 0 Å². The van der Waals surface area contributed by atoms with Crippen LogP contribution in [0.4, 0.5) is 0 Å². The molecule has 0 saturated carbocycles. The van der Waals surface area contributed by atoms with E-state index in [9.17, 15) is 0 Å². The molecule has 2 N–H and O–H groups in total. The van der Waals surface area contributed by atoms with Crippen molar-refractivity contribution in [1.82, 2.24) is 4.90 Å². The van der Waals surface area contributed by atoms with Gasteiger partial charge in [-0.2, -0.15) is 11.8 Å². The highest BCUT2D eigenvalue weighted by Gasteiger charge is 2.25. The van der Waals surface area contributed by atoms with E-state index >= 15 is 0 Å². The Kier molecular flexibility index (Phi) is 6.87. The van der Waals surface area contributed by atoms with Crippen molar-refractivity contribution < 1.29 is 4.74 Å². The maximum absolute atomic E-state index is 6.08. The molecule has 2 unspecified atom stereocenters. The van der Waals surface area contributed by atoms with Crippen LogP contribution in [-0.2, 0) is 0 Å². The minimum Gasteiger partial charge on any atom is -0.494 e. The van der Waals surface area contributed by atoms with Gasteiger partial charge in [0, 0.05) is 36.7 Å². The Morgan fingerprint density at radius 2 is 2.29 bits per heavy atom. The summed E-state index contributed by atoms with van der Waals surface area (Å²) in [5.41, 5.74) is 7.37. The van der Waals surface area contributed by atoms with Crippen LogP contribution in [0, 0.1) is 0 Å². The van der Waals surface area contributed by atoms with E-state index in [1.165, 1.54) is 17.7 Å². The van der Waals surface area contributed by atoms with E-state index in [-0.39, 0.29) is 0 Å². The third kappa shape index (κ3) is 4.63. The summed E-state index contributed by atoms with van der Waals surface area (Å²) in [4.78, 5) is 2.55. The monoisotopic (exact) mass is 308 g/mol. The summed E-state index contributed by atoms with van der Waals surface area (Å²) in [7, 11) is 0. The second-order valence-corrected chi connectivity index (χ2v) is 6.98. The molecule has 1 aromatic rings. The molecule has 2 atom stereocenters. The molecule has 0 aromatic heterocycles. The van der Waals surface area contributed by atoms with Gasteiger partial charge in [-0.25, -0.2) is 0 Å². The van der Waals surface area contributed by atoms with Crippen molar-refractivity contribution in [3.8, 4) is 5.75 Å². The second-order valence-electron chi connectivity index (χ2n) is 5.57. The highest BCUT2D eigenvalue weighted by atomic mass is 32.2. The lowest BCUT2D eigenvalue weighted by atomic mass is 10.0. The van der Waals surface area contributed by atoms with Crippen LogP contribution in [0.25, 0.3) is 0 Å². The van der Waals surface area contributed by atoms with Crippen LogP contribution < -0.4 is 10.5 Å². The summed E-state index contributed by atoms with van der Waals surface area (Å²) in [6.07, 6.45) is 2.27. The number of benzene rings is 1. The van der Waals surface area contributed by atoms with Gasteiger partial charge in [0.25, 0.3) is 0 Å². The van der Waals surface area contributed by atoms with E-state index in [0.29, 0.717) is 12.6 Å². The van der Waals surface area contributed by atoms with Crippen LogP contribution in [0.3, 0.4) is 0 Å². The molecule has 118 valence electrons. The second kappa shape index (κ2) is 8.66. The van der Waals surface area contributed by atoms with Gasteiger partial charge in [0.05, 0.1) is 6.61 Å². The summed E-state index contributed by atoms with van der Waals surface area (Å²) < 4.78 is 5.76. The van der Waals surface area contributed by atoms with Crippen LogP contribution in [0.1, 0.15) is 38.3 Å². The molecule has 0 aliphatic carbocycles. The molecule has 0 spiro atoms. The zero-order chi connectivity index (χ0) is 15.1. The minimum absolute atomic E-state index is 0.310. The molecular weight excluding hydrogens is 280 g/mol. The Morgan fingerprint density at radius 1 is 1.43 bits per heavy atom. The summed E-state index contributed by atoms with van der Waals surface area (Å²) in [5, 5.41) is 0.743. The summed E-state index contributed by atoms with van der Waals surface area (Å²) in [6, 6.07) is 8.77. The molecule has 0 radical (unpaired) electrons. The van der Waals surface area contributed by atoms with E-state index in [1.54, 1.807) is 0 Å². The average Bonchev–Trinajstić information content (AvgIpc) is 2.54. The summed E-state index contributed by atoms with van der Waals surface area (Å²) in [6.45, 7) is 8.11. The Labute approximate surface area is 133 Å². The summed E-state index contributed by atoms with van der Waals surface area (Å²) >= 11 is 2.10. The molecule has 21 heavy (non-hydrogen) atoms. The number of nitrogens with two attached hydrogens (primary N) is 1. The van der Waals surface area contributed by atoms with Crippen LogP contribution in [0.15, 0.2) is 24.3 Å². The zero-order valence-electron chi connectivity index (χ0n) is 13.3. The van der Waals surface area contributed by atoms with Crippen molar-refractivity contribution >= 4 is 11.8 Å². The lowest BCUT2D eigenvalue weighted by Crippen LogP contribution is -2.42. The molecule has 4 heteroatoms. The van der Waals surface area contributed by atoms with E-state index in [0.717, 1.165) is 37.1 Å². The van der Waals surface area contributed by atoms with Crippen LogP contribution in [0.5, 0.6) is 5.75 Å². The third-order valence-electron chi connectivity index (χ3n) is 4.01. The molecule has 1 heterocycles. The van der Waals surface area contributed by atoms with E-state index in [2.05, 4.69) is 48.7 Å². The van der Waals surface area contributed by atoms with Gasteiger partial charge >= 0.3 is 0 Å². The molecular formula is C17H28N2OS. The largest absolute Gasteiger partial charge is 0.494 e. The fraction of sp³-hybridized carbons (Fsp3) is 0.647. The van der Waals surface area contributed by atoms with Crippen molar-refractivity contribution in [3.05, 3.63) is 29.8 Å².